The molecule has 0 amide bonds. The van der Waals surface area contributed by atoms with Crippen LogP contribution in [0.2, 0.25) is 0 Å². The number of hydrogen-bond acceptors (Lipinski definition) is 2. The molecule has 0 aromatic rings. The first kappa shape index (κ1) is 8.31. The second-order valence-electron chi connectivity index (χ2n) is 2.88. The third-order valence-corrected chi connectivity index (χ3v) is 2.62. The van der Waals surface area contributed by atoms with Gasteiger partial charge >= 0.3 is 0 Å². The molecule has 3 unspecified atom stereocenters. The quantitative estimate of drug-likeness (QED) is 0.559. The SMILES string of the molecule is CNC1CCC(O)C(Cl)C1. The van der Waals surface area contributed by atoms with Gasteiger partial charge in [-0.15, -0.1) is 11.6 Å². The molecular weight excluding hydrogens is 150 g/mol. The van der Waals surface area contributed by atoms with Crippen LogP contribution >= 0.6 is 11.6 Å². The molecule has 0 aromatic carbocycles. The maximum absolute atomic E-state index is 9.23. The van der Waals surface area contributed by atoms with Crippen LogP contribution in [0.1, 0.15) is 19.3 Å². The molecule has 0 spiro atoms. The first-order valence-electron chi connectivity index (χ1n) is 3.73. The number of halogens is 1. The summed E-state index contributed by atoms with van der Waals surface area (Å²) in [6, 6.07) is 0.505. The third kappa shape index (κ3) is 1.84. The van der Waals surface area contributed by atoms with Gasteiger partial charge in [0.25, 0.3) is 0 Å². The second kappa shape index (κ2) is 3.56. The Balaban J connectivity index is 2.33. The van der Waals surface area contributed by atoms with Crippen LogP contribution in [0, 0.1) is 0 Å². The van der Waals surface area contributed by atoms with E-state index in [9.17, 15) is 5.11 Å². The minimum Gasteiger partial charge on any atom is -0.392 e. The molecule has 2 nitrogen and oxygen atoms in total. The van der Waals surface area contributed by atoms with Crippen molar-refractivity contribution in [3.63, 3.8) is 0 Å². The van der Waals surface area contributed by atoms with Gasteiger partial charge in [-0.2, -0.15) is 0 Å². The molecule has 0 bridgehead atoms. The molecule has 0 radical (unpaired) electrons. The van der Waals surface area contributed by atoms with E-state index in [0.717, 1.165) is 19.3 Å². The van der Waals surface area contributed by atoms with Crippen molar-refractivity contribution in [2.75, 3.05) is 7.05 Å². The van der Waals surface area contributed by atoms with E-state index in [4.69, 9.17) is 11.6 Å². The molecular formula is C7H14ClNO. The van der Waals surface area contributed by atoms with Gasteiger partial charge in [0.15, 0.2) is 0 Å². The van der Waals surface area contributed by atoms with Crippen molar-refractivity contribution in [2.45, 2.75) is 36.8 Å². The van der Waals surface area contributed by atoms with Crippen molar-refractivity contribution in [2.24, 2.45) is 0 Å². The number of alkyl halides is 1. The summed E-state index contributed by atoms with van der Waals surface area (Å²) in [5.74, 6) is 0. The number of rotatable bonds is 1. The molecule has 3 atom stereocenters. The van der Waals surface area contributed by atoms with Gasteiger partial charge in [0.2, 0.25) is 0 Å². The average Bonchev–Trinajstić information content (AvgIpc) is 1.95. The first-order valence-corrected chi connectivity index (χ1v) is 4.17. The lowest BCUT2D eigenvalue weighted by atomic mass is 9.93. The minimum atomic E-state index is -0.286. The average molecular weight is 164 g/mol. The molecule has 3 heteroatoms. The number of nitrogens with one attached hydrogen (secondary N) is 1. The number of aliphatic hydroxyl groups is 1. The lowest BCUT2D eigenvalue weighted by Gasteiger charge is -2.29. The zero-order chi connectivity index (χ0) is 7.56. The molecule has 2 N–H and O–H groups in total. The van der Waals surface area contributed by atoms with Gasteiger partial charge < -0.3 is 10.4 Å². The molecule has 10 heavy (non-hydrogen) atoms. The maximum atomic E-state index is 9.23. The van der Waals surface area contributed by atoms with E-state index < -0.39 is 0 Å². The zero-order valence-electron chi connectivity index (χ0n) is 6.18. The largest absolute Gasteiger partial charge is 0.392 e. The Morgan fingerprint density at radius 2 is 2.20 bits per heavy atom. The third-order valence-electron chi connectivity index (χ3n) is 2.15. The molecule has 1 aliphatic rings. The minimum absolute atomic E-state index is 0.0498. The van der Waals surface area contributed by atoms with Crippen molar-refractivity contribution in [1.29, 1.82) is 0 Å². The molecule has 60 valence electrons. The second-order valence-corrected chi connectivity index (χ2v) is 3.44. The Hall–Kier alpha value is 0.210. The van der Waals surface area contributed by atoms with Gasteiger partial charge in [-0.3, -0.25) is 0 Å². The van der Waals surface area contributed by atoms with E-state index in [1.54, 1.807) is 0 Å². The van der Waals surface area contributed by atoms with Crippen molar-refractivity contribution in [3.05, 3.63) is 0 Å². The predicted molar refractivity (Wildman–Crippen MR) is 42.3 cm³/mol. The van der Waals surface area contributed by atoms with Crippen LogP contribution in [0.25, 0.3) is 0 Å². The summed E-state index contributed by atoms with van der Waals surface area (Å²) in [6.07, 6.45) is 2.48. The van der Waals surface area contributed by atoms with Crippen molar-refractivity contribution in [3.8, 4) is 0 Å². The monoisotopic (exact) mass is 163 g/mol. The van der Waals surface area contributed by atoms with E-state index in [0.29, 0.717) is 6.04 Å². The Morgan fingerprint density at radius 1 is 1.50 bits per heavy atom. The van der Waals surface area contributed by atoms with E-state index in [1.807, 2.05) is 7.05 Å². The first-order chi connectivity index (χ1) is 4.74. The molecule has 1 saturated carbocycles. The number of aliphatic hydroxyl groups excluding tert-OH is 1. The lowest BCUT2D eigenvalue weighted by Crippen LogP contribution is -2.38. The Morgan fingerprint density at radius 3 is 2.70 bits per heavy atom. The van der Waals surface area contributed by atoms with E-state index >= 15 is 0 Å². The Bertz CT molecular complexity index is 110. The molecule has 0 aliphatic heterocycles. The van der Waals surface area contributed by atoms with Crippen molar-refractivity contribution in [1.82, 2.24) is 5.32 Å². The number of hydrogen-bond donors (Lipinski definition) is 2. The Kier molecular flexibility index (Phi) is 2.96. The van der Waals surface area contributed by atoms with Crippen LogP contribution in [0.4, 0.5) is 0 Å². The molecule has 1 aliphatic carbocycles. The summed E-state index contributed by atoms with van der Waals surface area (Å²) in [5.41, 5.74) is 0. The highest BCUT2D eigenvalue weighted by molar-refractivity contribution is 6.21. The van der Waals surface area contributed by atoms with E-state index in [2.05, 4.69) is 5.32 Å². The van der Waals surface area contributed by atoms with Crippen LogP contribution in [-0.2, 0) is 0 Å². The van der Waals surface area contributed by atoms with Crippen molar-refractivity contribution >= 4 is 11.6 Å². The van der Waals surface area contributed by atoms with E-state index in [1.165, 1.54) is 0 Å². The summed E-state index contributed by atoms with van der Waals surface area (Å²) in [7, 11) is 1.94. The predicted octanol–water partition coefficient (Wildman–Crippen LogP) is 0.727. The van der Waals surface area contributed by atoms with Gasteiger partial charge in [-0.05, 0) is 26.3 Å². The van der Waals surface area contributed by atoms with Gasteiger partial charge in [0.05, 0.1) is 11.5 Å². The normalized spacial score (nSPS) is 41.7. The highest BCUT2D eigenvalue weighted by atomic mass is 35.5. The standard InChI is InChI=1S/C7H14ClNO/c1-9-5-2-3-7(10)6(8)4-5/h5-7,9-10H,2-4H2,1H3. The summed E-state index contributed by atoms with van der Waals surface area (Å²) in [5, 5.41) is 12.3. The molecule has 1 rings (SSSR count). The van der Waals surface area contributed by atoms with Gasteiger partial charge in [0, 0.05) is 6.04 Å². The summed E-state index contributed by atoms with van der Waals surface area (Å²) < 4.78 is 0. The lowest BCUT2D eigenvalue weighted by molar-refractivity contribution is 0.122. The zero-order valence-corrected chi connectivity index (χ0v) is 6.93. The summed E-state index contributed by atoms with van der Waals surface area (Å²) >= 11 is 5.85. The van der Waals surface area contributed by atoms with E-state index in [-0.39, 0.29) is 11.5 Å². The fourth-order valence-electron chi connectivity index (χ4n) is 1.36. The van der Waals surface area contributed by atoms with Crippen LogP contribution < -0.4 is 5.32 Å². The molecule has 0 aromatic heterocycles. The fourth-order valence-corrected chi connectivity index (χ4v) is 1.70. The maximum Gasteiger partial charge on any atom is 0.0704 e. The van der Waals surface area contributed by atoms with Gasteiger partial charge in [-0.1, -0.05) is 0 Å². The van der Waals surface area contributed by atoms with Crippen LogP contribution in [0.5, 0.6) is 0 Å². The summed E-state index contributed by atoms with van der Waals surface area (Å²) in [6.45, 7) is 0. The molecule has 0 heterocycles. The topological polar surface area (TPSA) is 32.3 Å². The van der Waals surface area contributed by atoms with Gasteiger partial charge in [0.1, 0.15) is 0 Å². The van der Waals surface area contributed by atoms with Crippen LogP contribution in [0.3, 0.4) is 0 Å². The Labute approximate surface area is 66.6 Å². The highest BCUT2D eigenvalue weighted by Crippen LogP contribution is 2.22. The molecule has 0 saturated heterocycles. The summed E-state index contributed by atoms with van der Waals surface area (Å²) in [4.78, 5) is 0. The van der Waals surface area contributed by atoms with Crippen molar-refractivity contribution < 1.29 is 5.11 Å². The molecule has 1 fully saturated rings. The van der Waals surface area contributed by atoms with Crippen LogP contribution in [-0.4, -0.2) is 29.7 Å². The fraction of sp³-hybridized carbons (Fsp3) is 1.00. The highest BCUT2D eigenvalue weighted by Gasteiger charge is 2.26. The van der Waals surface area contributed by atoms with Crippen LogP contribution in [0.15, 0.2) is 0 Å². The van der Waals surface area contributed by atoms with Gasteiger partial charge in [-0.25, -0.2) is 0 Å². The smallest absolute Gasteiger partial charge is 0.0704 e.